The van der Waals surface area contributed by atoms with Gasteiger partial charge >= 0.3 is 12.1 Å². The normalized spacial score (nSPS) is 19.2. The number of halogens is 3. The van der Waals surface area contributed by atoms with Gasteiger partial charge in [0.05, 0.1) is 19.1 Å². The van der Waals surface area contributed by atoms with E-state index in [1.165, 1.54) is 7.11 Å². The second-order valence-electron chi connectivity index (χ2n) is 6.64. The monoisotopic (exact) mass is 358 g/mol. The summed E-state index contributed by atoms with van der Waals surface area (Å²) >= 11 is 0. The molecule has 0 unspecified atom stereocenters. The minimum Gasteiger partial charge on any atom is -0.465 e. The van der Waals surface area contributed by atoms with Crippen molar-refractivity contribution in [3.63, 3.8) is 0 Å². The van der Waals surface area contributed by atoms with Crippen LogP contribution >= 0.6 is 0 Å². The van der Waals surface area contributed by atoms with E-state index in [-0.39, 0.29) is 18.6 Å². The van der Waals surface area contributed by atoms with Gasteiger partial charge in [-0.05, 0) is 44.0 Å². The summed E-state index contributed by atoms with van der Waals surface area (Å²) in [7, 11) is 1.35. The number of carbonyl (C=O) groups excluding carboxylic acids is 1. The molecule has 0 aliphatic carbocycles. The van der Waals surface area contributed by atoms with Crippen molar-refractivity contribution in [3.8, 4) is 0 Å². The van der Waals surface area contributed by atoms with Crippen molar-refractivity contribution in [1.82, 2.24) is 4.90 Å². The zero-order chi connectivity index (χ0) is 18.8. The van der Waals surface area contributed by atoms with Gasteiger partial charge in [-0.1, -0.05) is 0 Å². The van der Waals surface area contributed by atoms with Crippen LogP contribution in [-0.2, 0) is 4.74 Å². The van der Waals surface area contributed by atoms with Gasteiger partial charge in [-0.25, -0.2) is 4.79 Å². The van der Waals surface area contributed by atoms with Gasteiger partial charge in [0, 0.05) is 37.9 Å². The number of nitrogens with zero attached hydrogens (tertiary/aromatic N) is 2. The molecule has 1 aromatic carbocycles. The fourth-order valence-corrected chi connectivity index (χ4v) is 3.25. The Bertz CT molecular complexity index is 631. The van der Waals surface area contributed by atoms with Gasteiger partial charge in [-0.3, -0.25) is 4.90 Å². The molecule has 0 bridgehead atoms. The molecule has 1 atom stereocenters. The zero-order valence-corrected chi connectivity index (χ0v) is 15.1. The van der Waals surface area contributed by atoms with Crippen LogP contribution < -0.4 is 4.90 Å². The number of benzene rings is 1. The van der Waals surface area contributed by atoms with E-state index in [1.807, 2.05) is 31.7 Å². The highest BCUT2D eigenvalue weighted by atomic mass is 19.4. The Kier molecular flexibility index (Phi) is 5.98. The smallest absolute Gasteiger partial charge is 0.390 e. The molecule has 1 aliphatic heterocycles. The summed E-state index contributed by atoms with van der Waals surface area (Å²) in [5.74, 6) is -0.388. The van der Waals surface area contributed by atoms with Crippen molar-refractivity contribution in [3.05, 3.63) is 28.8 Å². The van der Waals surface area contributed by atoms with Crippen LogP contribution in [0.3, 0.4) is 0 Å². The molecule has 2 rings (SSSR count). The first-order valence-corrected chi connectivity index (χ1v) is 8.37. The zero-order valence-electron chi connectivity index (χ0n) is 15.1. The molecule has 1 fully saturated rings. The summed E-state index contributed by atoms with van der Waals surface area (Å²) in [6.45, 7) is 7.73. The van der Waals surface area contributed by atoms with E-state index in [1.54, 1.807) is 6.07 Å². The van der Waals surface area contributed by atoms with Gasteiger partial charge in [0.15, 0.2) is 0 Å². The van der Waals surface area contributed by atoms with Crippen LogP contribution in [0, 0.1) is 13.8 Å². The first kappa shape index (κ1) is 19.6. The maximum Gasteiger partial charge on any atom is 0.390 e. The van der Waals surface area contributed by atoms with Crippen LogP contribution in [0.4, 0.5) is 18.9 Å². The summed E-state index contributed by atoms with van der Waals surface area (Å²) in [6.07, 6.45) is -4.90. The largest absolute Gasteiger partial charge is 0.465 e. The molecule has 4 nitrogen and oxygen atoms in total. The highest BCUT2D eigenvalue weighted by Gasteiger charge is 2.31. The van der Waals surface area contributed by atoms with E-state index in [0.29, 0.717) is 25.2 Å². The third kappa shape index (κ3) is 4.87. The molecule has 1 aromatic rings. The third-order valence-corrected chi connectivity index (χ3v) is 4.79. The van der Waals surface area contributed by atoms with Crippen LogP contribution in [0.1, 0.15) is 34.8 Å². The topological polar surface area (TPSA) is 32.8 Å². The lowest BCUT2D eigenvalue weighted by Gasteiger charge is -2.42. The molecule has 1 saturated heterocycles. The number of esters is 1. The average Bonchev–Trinajstić information content (AvgIpc) is 2.54. The Labute approximate surface area is 146 Å². The van der Waals surface area contributed by atoms with Crippen molar-refractivity contribution >= 4 is 11.7 Å². The Morgan fingerprint density at radius 1 is 1.28 bits per heavy atom. The van der Waals surface area contributed by atoms with Gasteiger partial charge < -0.3 is 9.64 Å². The molecule has 1 aliphatic rings. The summed E-state index contributed by atoms with van der Waals surface area (Å²) < 4.78 is 42.1. The molecular weight excluding hydrogens is 333 g/mol. The number of anilines is 1. The van der Waals surface area contributed by atoms with Crippen molar-refractivity contribution in [2.45, 2.75) is 39.4 Å². The Hall–Kier alpha value is -1.76. The summed E-state index contributed by atoms with van der Waals surface area (Å²) in [5, 5.41) is 0. The van der Waals surface area contributed by atoms with Gasteiger partial charge in [-0.2, -0.15) is 13.2 Å². The highest BCUT2D eigenvalue weighted by molar-refractivity contribution is 5.91. The van der Waals surface area contributed by atoms with Gasteiger partial charge in [0.1, 0.15) is 0 Å². The summed E-state index contributed by atoms with van der Waals surface area (Å²) in [5.41, 5.74) is 3.50. The van der Waals surface area contributed by atoms with Crippen LogP contribution in [0.25, 0.3) is 0 Å². The van der Waals surface area contributed by atoms with Crippen molar-refractivity contribution in [2.75, 3.05) is 38.2 Å². The lowest BCUT2D eigenvalue weighted by molar-refractivity contribution is -0.138. The van der Waals surface area contributed by atoms with E-state index in [2.05, 4.69) is 4.90 Å². The molecule has 0 amide bonds. The molecule has 0 N–H and O–H groups in total. The number of ether oxygens (including phenoxy) is 1. The van der Waals surface area contributed by atoms with Crippen LogP contribution in [0.15, 0.2) is 12.1 Å². The molecule has 7 heteroatoms. The highest BCUT2D eigenvalue weighted by Crippen LogP contribution is 2.29. The van der Waals surface area contributed by atoms with E-state index >= 15 is 0 Å². The predicted octanol–water partition coefficient (Wildman–Crippen LogP) is 3.55. The third-order valence-electron chi connectivity index (χ3n) is 4.79. The van der Waals surface area contributed by atoms with E-state index < -0.39 is 12.6 Å². The lowest BCUT2D eigenvalue weighted by Crippen LogP contribution is -2.52. The summed E-state index contributed by atoms with van der Waals surface area (Å²) in [6, 6.07) is 3.68. The Morgan fingerprint density at radius 2 is 1.96 bits per heavy atom. The quantitative estimate of drug-likeness (QED) is 0.771. The van der Waals surface area contributed by atoms with Crippen LogP contribution in [0.5, 0.6) is 0 Å². The predicted molar refractivity (Wildman–Crippen MR) is 91.2 cm³/mol. The number of hydrogen-bond acceptors (Lipinski definition) is 4. The minimum absolute atomic E-state index is 0.0297. The second-order valence-corrected chi connectivity index (χ2v) is 6.64. The molecule has 140 valence electrons. The maximum atomic E-state index is 12.4. The molecular formula is C18H25F3N2O2. The first-order chi connectivity index (χ1) is 11.6. The second kappa shape index (κ2) is 7.64. The molecule has 0 aromatic heterocycles. The summed E-state index contributed by atoms with van der Waals surface area (Å²) in [4.78, 5) is 15.9. The SMILES string of the molecule is COC(=O)c1cc(C)c(C)c(N2CCN(CCC(F)(F)F)C[C@H]2C)c1. The molecule has 0 spiro atoms. The fourth-order valence-electron chi connectivity index (χ4n) is 3.25. The fraction of sp³-hybridized carbons (Fsp3) is 0.611. The maximum absolute atomic E-state index is 12.4. The van der Waals surface area contributed by atoms with Gasteiger partial charge in [0.2, 0.25) is 0 Å². The van der Waals surface area contributed by atoms with E-state index in [9.17, 15) is 18.0 Å². The number of methoxy groups -OCH3 is 1. The molecule has 0 radical (unpaired) electrons. The van der Waals surface area contributed by atoms with E-state index in [4.69, 9.17) is 4.74 Å². The number of hydrogen-bond donors (Lipinski definition) is 0. The molecule has 0 saturated carbocycles. The van der Waals surface area contributed by atoms with Gasteiger partial charge in [0.25, 0.3) is 0 Å². The Balaban J connectivity index is 2.15. The van der Waals surface area contributed by atoms with Gasteiger partial charge in [-0.15, -0.1) is 0 Å². The number of aryl methyl sites for hydroxylation is 1. The van der Waals surface area contributed by atoms with E-state index in [0.717, 1.165) is 16.8 Å². The lowest BCUT2D eigenvalue weighted by atomic mass is 10.0. The average molecular weight is 358 g/mol. The molecule has 25 heavy (non-hydrogen) atoms. The number of alkyl halides is 3. The molecule has 1 heterocycles. The first-order valence-electron chi connectivity index (χ1n) is 8.37. The van der Waals surface area contributed by atoms with Crippen molar-refractivity contribution in [2.24, 2.45) is 0 Å². The number of carbonyl (C=O) groups is 1. The van der Waals surface area contributed by atoms with Crippen molar-refractivity contribution in [1.29, 1.82) is 0 Å². The number of rotatable bonds is 4. The van der Waals surface area contributed by atoms with Crippen LogP contribution in [-0.4, -0.2) is 56.4 Å². The number of piperazine rings is 1. The standard InChI is InChI=1S/C18H25F3N2O2/c1-12-9-15(17(24)25-4)10-16(14(12)3)23-8-7-22(11-13(23)2)6-5-18(19,20)21/h9-10,13H,5-8,11H2,1-4H3/t13-/m1/s1. The van der Waals surface area contributed by atoms with Crippen LogP contribution in [0.2, 0.25) is 0 Å². The Morgan fingerprint density at radius 3 is 2.52 bits per heavy atom. The minimum atomic E-state index is -4.12. The van der Waals surface area contributed by atoms with Crippen molar-refractivity contribution < 1.29 is 22.7 Å².